The van der Waals surface area contributed by atoms with E-state index in [0.717, 1.165) is 66.0 Å². The first-order valence-corrected chi connectivity index (χ1v) is 19.4. The molecule has 0 N–H and O–H groups in total. The largest absolute Gasteiger partial charge is 0.456 e. The van der Waals surface area contributed by atoms with Gasteiger partial charge in [-0.3, -0.25) is 0 Å². The molecule has 0 unspecified atom stereocenters. The molecule has 2 aromatic heterocycles. The van der Waals surface area contributed by atoms with Gasteiger partial charge < -0.3 is 4.42 Å². The molecule has 0 fully saturated rings. The Morgan fingerprint density at radius 3 is 1.44 bits per heavy atom. The second-order valence-electron chi connectivity index (χ2n) is 14.9. The maximum Gasteiger partial charge on any atom is 0.160 e. The molecule has 10 aromatic carbocycles. The van der Waals surface area contributed by atoms with Gasteiger partial charge in [-0.1, -0.05) is 164 Å². The van der Waals surface area contributed by atoms with E-state index in [0.29, 0.717) is 5.82 Å². The molecule has 0 radical (unpaired) electrons. The van der Waals surface area contributed by atoms with Gasteiger partial charge in [-0.25, -0.2) is 9.97 Å². The minimum atomic E-state index is 0.666. The summed E-state index contributed by atoms with van der Waals surface area (Å²) >= 11 is 0. The summed E-state index contributed by atoms with van der Waals surface area (Å²) < 4.78 is 6.69. The summed E-state index contributed by atoms with van der Waals surface area (Å²) in [5.41, 5.74) is 10.2. The molecule has 0 aliphatic heterocycles. The predicted molar refractivity (Wildman–Crippen MR) is 239 cm³/mol. The first-order chi connectivity index (χ1) is 28.2. The van der Waals surface area contributed by atoms with E-state index in [2.05, 4.69) is 194 Å². The maximum absolute atomic E-state index is 6.69. The van der Waals surface area contributed by atoms with E-state index in [-0.39, 0.29) is 0 Å². The number of hydrogen-bond acceptors (Lipinski definition) is 3. The Morgan fingerprint density at radius 1 is 0.281 bits per heavy atom. The molecule has 12 rings (SSSR count). The second-order valence-corrected chi connectivity index (χ2v) is 14.9. The van der Waals surface area contributed by atoms with Crippen LogP contribution in [0.25, 0.3) is 121 Å². The van der Waals surface area contributed by atoms with Crippen LogP contribution < -0.4 is 0 Å². The molecule has 0 spiro atoms. The number of benzene rings is 10. The second kappa shape index (κ2) is 12.5. The number of aromatic nitrogens is 2. The Kier molecular flexibility index (Phi) is 6.93. The highest BCUT2D eigenvalue weighted by molar-refractivity contribution is 6.28. The van der Waals surface area contributed by atoms with Crippen molar-refractivity contribution in [2.75, 3.05) is 0 Å². The lowest BCUT2D eigenvalue weighted by Gasteiger charge is -2.12. The highest BCUT2D eigenvalue weighted by Gasteiger charge is 2.18. The number of hydrogen-bond donors (Lipinski definition) is 0. The van der Waals surface area contributed by atoms with Gasteiger partial charge in [-0.05, 0) is 90.3 Å². The van der Waals surface area contributed by atoms with Gasteiger partial charge in [0.2, 0.25) is 0 Å². The zero-order valence-electron chi connectivity index (χ0n) is 30.8. The van der Waals surface area contributed by atoms with Crippen LogP contribution in [0.2, 0.25) is 0 Å². The zero-order chi connectivity index (χ0) is 37.5. The van der Waals surface area contributed by atoms with Crippen LogP contribution in [0, 0.1) is 0 Å². The molecule has 0 saturated heterocycles. The predicted octanol–water partition coefficient (Wildman–Crippen LogP) is 14.8. The fourth-order valence-corrected chi connectivity index (χ4v) is 8.83. The maximum atomic E-state index is 6.69. The van der Waals surface area contributed by atoms with Crippen molar-refractivity contribution in [3.05, 3.63) is 194 Å². The number of rotatable bonds is 4. The van der Waals surface area contributed by atoms with Crippen LogP contribution in [-0.4, -0.2) is 9.97 Å². The average molecular weight is 725 g/mol. The van der Waals surface area contributed by atoms with E-state index >= 15 is 0 Å². The fraction of sp³-hybridized carbons (Fsp3) is 0. The van der Waals surface area contributed by atoms with Crippen LogP contribution in [0.4, 0.5) is 0 Å². The average Bonchev–Trinajstić information content (AvgIpc) is 3.65. The third kappa shape index (κ3) is 5.06. The summed E-state index contributed by atoms with van der Waals surface area (Å²) in [5, 5.41) is 12.9. The van der Waals surface area contributed by atoms with E-state index in [4.69, 9.17) is 14.4 Å². The van der Waals surface area contributed by atoms with Crippen molar-refractivity contribution in [1.82, 2.24) is 9.97 Å². The lowest BCUT2D eigenvalue weighted by molar-refractivity contribution is 0.669. The number of furan rings is 1. The van der Waals surface area contributed by atoms with Gasteiger partial charge in [0.05, 0.1) is 11.2 Å². The van der Waals surface area contributed by atoms with Crippen molar-refractivity contribution in [2.45, 2.75) is 0 Å². The molecule has 12 aromatic rings. The Labute approximate surface area is 328 Å². The van der Waals surface area contributed by atoms with Crippen molar-refractivity contribution in [1.29, 1.82) is 0 Å². The third-order valence-electron chi connectivity index (χ3n) is 11.7. The molecule has 0 bridgehead atoms. The van der Waals surface area contributed by atoms with Gasteiger partial charge in [0.25, 0.3) is 0 Å². The molecule has 0 saturated carbocycles. The molecule has 0 atom stereocenters. The molecule has 2 heterocycles. The standard InChI is InChI=1S/C54H32N2O/c1-2-10-33(11-3-1)34-18-20-35(21-19-34)36-22-24-38(25-23-36)52-46-29-26-37-12-4-5-13-40(37)53(46)56-54(55-52)39-27-28-45-49-31-47-43-16-8-6-14-41(43)42-15-7-9-17-44(42)48(47)32-51(49)57-50(45)30-39/h1-32H. The van der Waals surface area contributed by atoms with Crippen LogP contribution in [-0.2, 0) is 0 Å². The van der Waals surface area contributed by atoms with Crippen molar-refractivity contribution >= 4 is 75.9 Å². The molecule has 3 heteroatoms. The van der Waals surface area contributed by atoms with Gasteiger partial charge in [-0.15, -0.1) is 0 Å². The minimum absolute atomic E-state index is 0.666. The quantitative estimate of drug-likeness (QED) is 0.170. The monoisotopic (exact) mass is 724 g/mol. The van der Waals surface area contributed by atoms with Crippen LogP contribution in [0.3, 0.4) is 0 Å². The van der Waals surface area contributed by atoms with Gasteiger partial charge in [-0.2, -0.15) is 0 Å². The van der Waals surface area contributed by atoms with Crippen LogP contribution in [0.15, 0.2) is 199 Å². The number of nitrogens with zero attached hydrogens (tertiary/aromatic N) is 2. The van der Waals surface area contributed by atoms with Gasteiger partial charge in [0.15, 0.2) is 5.82 Å². The molecule has 3 nitrogen and oxygen atoms in total. The molecule has 57 heavy (non-hydrogen) atoms. The van der Waals surface area contributed by atoms with Crippen molar-refractivity contribution in [3.63, 3.8) is 0 Å². The van der Waals surface area contributed by atoms with Crippen LogP contribution >= 0.6 is 0 Å². The summed E-state index contributed by atoms with van der Waals surface area (Å²) in [7, 11) is 0. The number of fused-ring (bicyclic) bond motifs is 12. The zero-order valence-corrected chi connectivity index (χ0v) is 30.8. The topological polar surface area (TPSA) is 38.9 Å². The Bertz CT molecular complexity index is 3550. The highest BCUT2D eigenvalue weighted by Crippen LogP contribution is 2.41. The lowest BCUT2D eigenvalue weighted by Crippen LogP contribution is -1.96. The lowest BCUT2D eigenvalue weighted by atomic mass is 9.93. The van der Waals surface area contributed by atoms with Gasteiger partial charge in [0.1, 0.15) is 11.2 Å². The molecule has 0 aliphatic rings. The van der Waals surface area contributed by atoms with E-state index in [1.54, 1.807) is 0 Å². The van der Waals surface area contributed by atoms with E-state index in [1.165, 1.54) is 49.0 Å². The Balaban J connectivity index is 0.998. The Hall–Kier alpha value is -7.62. The normalized spacial score (nSPS) is 11.9. The molecular weight excluding hydrogens is 693 g/mol. The summed E-state index contributed by atoms with van der Waals surface area (Å²) in [6.07, 6.45) is 0. The minimum Gasteiger partial charge on any atom is -0.456 e. The molecule has 0 amide bonds. The SMILES string of the molecule is c1ccc(-c2ccc(-c3ccc(-c4nc(-c5ccc6c(c5)oc5cc7c8ccccc8c8ccccc8c7cc56)nc5c4ccc4ccccc45)cc3)cc2)cc1. The molecule has 0 aliphatic carbocycles. The van der Waals surface area contributed by atoms with Crippen molar-refractivity contribution in [3.8, 4) is 44.9 Å². The van der Waals surface area contributed by atoms with E-state index in [1.807, 2.05) is 0 Å². The van der Waals surface area contributed by atoms with Crippen LogP contribution in [0.1, 0.15) is 0 Å². The van der Waals surface area contributed by atoms with Crippen molar-refractivity contribution < 1.29 is 4.42 Å². The van der Waals surface area contributed by atoms with E-state index in [9.17, 15) is 0 Å². The highest BCUT2D eigenvalue weighted by atomic mass is 16.3. The van der Waals surface area contributed by atoms with Crippen LogP contribution in [0.5, 0.6) is 0 Å². The summed E-state index contributed by atoms with van der Waals surface area (Å²) in [5.74, 6) is 0.666. The third-order valence-corrected chi connectivity index (χ3v) is 11.7. The molecule has 264 valence electrons. The first-order valence-electron chi connectivity index (χ1n) is 19.4. The summed E-state index contributed by atoms with van der Waals surface area (Å²) in [6, 6.07) is 69.1. The Morgan fingerprint density at radius 2 is 0.772 bits per heavy atom. The molecular formula is C54H32N2O. The van der Waals surface area contributed by atoms with Gasteiger partial charge in [0, 0.05) is 32.7 Å². The smallest absolute Gasteiger partial charge is 0.160 e. The summed E-state index contributed by atoms with van der Waals surface area (Å²) in [6.45, 7) is 0. The fourth-order valence-electron chi connectivity index (χ4n) is 8.83. The van der Waals surface area contributed by atoms with Gasteiger partial charge >= 0.3 is 0 Å². The summed E-state index contributed by atoms with van der Waals surface area (Å²) in [4.78, 5) is 10.6. The van der Waals surface area contributed by atoms with Crippen molar-refractivity contribution in [2.24, 2.45) is 0 Å². The first kappa shape index (κ1) is 31.7. The van der Waals surface area contributed by atoms with E-state index < -0.39 is 0 Å².